The Kier molecular flexibility index (Phi) is 5.70. The van der Waals surface area contributed by atoms with Crippen molar-refractivity contribution in [1.82, 2.24) is 10.1 Å². The predicted molar refractivity (Wildman–Crippen MR) is 93.5 cm³/mol. The molecule has 134 valence electrons. The Balaban J connectivity index is 1.52. The Hall–Kier alpha value is -3.06. The fourth-order valence-electron chi connectivity index (χ4n) is 2.14. The maximum absolute atomic E-state index is 11.5. The van der Waals surface area contributed by atoms with E-state index in [0.717, 1.165) is 0 Å². The molecule has 0 unspecified atom stereocenters. The van der Waals surface area contributed by atoms with Gasteiger partial charge < -0.3 is 14.2 Å². The molecule has 0 aliphatic rings. The zero-order valence-electron chi connectivity index (χ0n) is 13.8. The van der Waals surface area contributed by atoms with Gasteiger partial charge in [-0.15, -0.1) is 0 Å². The molecule has 1 aromatic heterocycles. The number of ether oxygens (including phenoxy) is 3. The first-order valence-electron chi connectivity index (χ1n) is 7.70. The summed E-state index contributed by atoms with van der Waals surface area (Å²) in [5, 5.41) is 4.36. The summed E-state index contributed by atoms with van der Waals surface area (Å²) in [7, 11) is 1.32. The topological polar surface area (TPSA) is 83.7 Å². The Bertz CT molecular complexity index is 897. The summed E-state index contributed by atoms with van der Waals surface area (Å²) in [6.45, 7) is 0.418. The van der Waals surface area contributed by atoms with Crippen molar-refractivity contribution in [3.63, 3.8) is 0 Å². The largest absolute Gasteiger partial charge is 0.490 e. The highest BCUT2D eigenvalue weighted by Gasteiger charge is 2.12. The van der Waals surface area contributed by atoms with Gasteiger partial charge in [-0.05, 0) is 30.3 Å². The van der Waals surface area contributed by atoms with E-state index in [9.17, 15) is 4.79 Å². The summed E-state index contributed by atoms with van der Waals surface area (Å²) in [6, 6.07) is 13.8. The highest BCUT2D eigenvalue weighted by Crippen LogP contribution is 2.26. The smallest absolute Gasteiger partial charge is 0.417 e. The van der Waals surface area contributed by atoms with Gasteiger partial charge in [0.25, 0.3) is 0 Å². The summed E-state index contributed by atoms with van der Waals surface area (Å²) in [6.07, 6.45) is 0.0202. The number of aromatic nitrogens is 2. The van der Waals surface area contributed by atoms with Crippen LogP contribution in [0.5, 0.6) is 11.8 Å². The SMILES string of the molecule is COC(=O)c1cccc(OCCOc2nc(-c3ccccc3Cl)no2)c1. The number of nitrogens with zero attached hydrogens (tertiary/aromatic N) is 2. The summed E-state index contributed by atoms with van der Waals surface area (Å²) < 4.78 is 20.6. The van der Waals surface area contributed by atoms with Crippen LogP contribution in [-0.4, -0.2) is 36.4 Å². The molecule has 0 aliphatic carbocycles. The average molecular weight is 375 g/mol. The summed E-state index contributed by atoms with van der Waals surface area (Å²) >= 11 is 6.09. The summed E-state index contributed by atoms with van der Waals surface area (Å²) in [5.41, 5.74) is 1.07. The van der Waals surface area contributed by atoms with Crippen molar-refractivity contribution in [3.05, 3.63) is 59.1 Å². The Morgan fingerprint density at radius 3 is 2.73 bits per heavy atom. The lowest BCUT2D eigenvalue weighted by Gasteiger charge is -2.07. The molecule has 0 bridgehead atoms. The van der Waals surface area contributed by atoms with Gasteiger partial charge in [0.1, 0.15) is 19.0 Å². The van der Waals surface area contributed by atoms with E-state index in [1.807, 2.05) is 12.1 Å². The van der Waals surface area contributed by atoms with E-state index in [-0.39, 0.29) is 19.3 Å². The van der Waals surface area contributed by atoms with Gasteiger partial charge in [0, 0.05) is 5.56 Å². The van der Waals surface area contributed by atoms with Crippen molar-refractivity contribution in [2.75, 3.05) is 20.3 Å². The third-order valence-electron chi connectivity index (χ3n) is 3.35. The molecule has 0 N–H and O–H groups in total. The molecule has 0 spiro atoms. The van der Waals surface area contributed by atoms with Crippen LogP contribution in [0.25, 0.3) is 11.4 Å². The lowest BCUT2D eigenvalue weighted by atomic mass is 10.2. The van der Waals surface area contributed by atoms with E-state index in [2.05, 4.69) is 14.9 Å². The molecule has 2 aromatic carbocycles. The van der Waals surface area contributed by atoms with Crippen molar-refractivity contribution >= 4 is 17.6 Å². The van der Waals surface area contributed by atoms with Gasteiger partial charge in [-0.25, -0.2) is 4.79 Å². The fraction of sp³-hybridized carbons (Fsp3) is 0.167. The molecule has 26 heavy (non-hydrogen) atoms. The van der Waals surface area contributed by atoms with Gasteiger partial charge in [-0.2, -0.15) is 4.98 Å². The molecule has 0 atom stereocenters. The predicted octanol–water partition coefficient (Wildman–Crippen LogP) is 3.63. The van der Waals surface area contributed by atoms with Crippen LogP contribution < -0.4 is 9.47 Å². The van der Waals surface area contributed by atoms with Gasteiger partial charge in [0.05, 0.1) is 17.7 Å². The van der Waals surface area contributed by atoms with E-state index >= 15 is 0 Å². The first-order chi connectivity index (χ1) is 12.7. The number of methoxy groups -OCH3 is 1. The second-order valence-corrected chi connectivity index (χ2v) is 5.49. The number of halogens is 1. The zero-order chi connectivity index (χ0) is 18.4. The quantitative estimate of drug-likeness (QED) is 0.461. The first-order valence-corrected chi connectivity index (χ1v) is 8.08. The van der Waals surface area contributed by atoms with Crippen molar-refractivity contribution in [1.29, 1.82) is 0 Å². The van der Waals surface area contributed by atoms with E-state index in [0.29, 0.717) is 27.7 Å². The number of hydrogen-bond donors (Lipinski definition) is 0. The lowest BCUT2D eigenvalue weighted by molar-refractivity contribution is 0.0600. The summed E-state index contributed by atoms with van der Waals surface area (Å²) in [5.74, 6) is 0.445. The Morgan fingerprint density at radius 1 is 1.12 bits per heavy atom. The van der Waals surface area contributed by atoms with E-state index in [1.54, 1.807) is 36.4 Å². The second kappa shape index (κ2) is 8.35. The van der Waals surface area contributed by atoms with Gasteiger partial charge in [0.15, 0.2) is 0 Å². The zero-order valence-corrected chi connectivity index (χ0v) is 14.6. The van der Waals surface area contributed by atoms with Gasteiger partial charge in [-0.1, -0.05) is 35.0 Å². The van der Waals surface area contributed by atoms with Crippen LogP contribution in [0.4, 0.5) is 0 Å². The maximum Gasteiger partial charge on any atom is 0.417 e. The van der Waals surface area contributed by atoms with Gasteiger partial charge in [-0.3, -0.25) is 4.52 Å². The number of carbonyl (C=O) groups is 1. The van der Waals surface area contributed by atoms with Gasteiger partial charge >= 0.3 is 12.0 Å². The van der Waals surface area contributed by atoms with Gasteiger partial charge in [0.2, 0.25) is 5.82 Å². The van der Waals surface area contributed by atoms with Crippen LogP contribution in [0.15, 0.2) is 53.1 Å². The van der Waals surface area contributed by atoms with E-state index in [4.69, 9.17) is 25.6 Å². The van der Waals surface area contributed by atoms with Crippen LogP contribution in [0.3, 0.4) is 0 Å². The minimum Gasteiger partial charge on any atom is -0.490 e. The van der Waals surface area contributed by atoms with E-state index in [1.165, 1.54) is 7.11 Å². The second-order valence-electron chi connectivity index (χ2n) is 5.08. The molecular formula is C18H15ClN2O5. The van der Waals surface area contributed by atoms with Crippen molar-refractivity contribution < 1.29 is 23.5 Å². The normalized spacial score (nSPS) is 10.4. The number of carbonyl (C=O) groups excluding carboxylic acids is 1. The molecule has 0 amide bonds. The van der Waals surface area contributed by atoms with Crippen LogP contribution in [0.2, 0.25) is 5.02 Å². The Morgan fingerprint density at radius 2 is 1.92 bits per heavy atom. The highest BCUT2D eigenvalue weighted by atomic mass is 35.5. The molecule has 3 rings (SSSR count). The standard InChI is InChI=1S/C18H15ClN2O5/c1-23-17(22)12-5-4-6-13(11-12)24-9-10-25-18-20-16(21-26-18)14-7-2-3-8-15(14)19/h2-8,11H,9-10H2,1H3. The molecule has 0 saturated carbocycles. The minimum atomic E-state index is -0.426. The van der Waals surface area contributed by atoms with Crippen molar-refractivity contribution in [2.45, 2.75) is 0 Å². The highest BCUT2D eigenvalue weighted by molar-refractivity contribution is 6.33. The number of rotatable bonds is 7. The molecule has 7 nitrogen and oxygen atoms in total. The molecule has 0 radical (unpaired) electrons. The number of hydrogen-bond acceptors (Lipinski definition) is 7. The molecule has 0 aliphatic heterocycles. The summed E-state index contributed by atoms with van der Waals surface area (Å²) in [4.78, 5) is 15.6. The lowest BCUT2D eigenvalue weighted by Crippen LogP contribution is -2.09. The van der Waals surface area contributed by atoms with Crippen LogP contribution in [-0.2, 0) is 4.74 Å². The molecule has 1 heterocycles. The number of esters is 1. The third kappa shape index (κ3) is 4.31. The monoisotopic (exact) mass is 374 g/mol. The molecule has 0 fully saturated rings. The number of benzene rings is 2. The van der Waals surface area contributed by atoms with Crippen LogP contribution in [0, 0.1) is 0 Å². The molecule has 8 heteroatoms. The molecular weight excluding hydrogens is 360 g/mol. The maximum atomic E-state index is 11.5. The molecule has 3 aromatic rings. The third-order valence-corrected chi connectivity index (χ3v) is 3.68. The molecule has 0 saturated heterocycles. The van der Waals surface area contributed by atoms with Crippen molar-refractivity contribution in [3.8, 4) is 23.2 Å². The van der Waals surface area contributed by atoms with Crippen LogP contribution in [0.1, 0.15) is 10.4 Å². The minimum absolute atomic E-state index is 0.0202. The van der Waals surface area contributed by atoms with E-state index < -0.39 is 5.97 Å². The average Bonchev–Trinajstić information content (AvgIpc) is 3.14. The first kappa shape index (κ1) is 17.8. The fourth-order valence-corrected chi connectivity index (χ4v) is 2.36. The van der Waals surface area contributed by atoms with Crippen molar-refractivity contribution in [2.24, 2.45) is 0 Å². The van der Waals surface area contributed by atoms with Crippen LogP contribution >= 0.6 is 11.6 Å². The Labute approximate surface area is 154 Å².